The number of hydrogen-bond acceptors (Lipinski definition) is 5. The summed E-state index contributed by atoms with van der Waals surface area (Å²) in [4.78, 5) is 40.7. The highest BCUT2D eigenvalue weighted by Crippen LogP contribution is 2.26. The predicted molar refractivity (Wildman–Crippen MR) is 120 cm³/mol. The quantitative estimate of drug-likeness (QED) is 0.371. The van der Waals surface area contributed by atoms with Gasteiger partial charge in [-0.1, -0.05) is 12.1 Å². The third-order valence-electron chi connectivity index (χ3n) is 5.75. The number of rotatable bonds is 8. The van der Waals surface area contributed by atoms with Gasteiger partial charge in [0.1, 0.15) is 11.5 Å². The largest absolute Gasteiger partial charge is 0.461 e. The minimum atomic E-state index is -0.887. The van der Waals surface area contributed by atoms with Crippen molar-refractivity contribution < 1.29 is 27.9 Å². The van der Waals surface area contributed by atoms with Gasteiger partial charge in [-0.2, -0.15) is 0 Å². The first-order valence-electron chi connectivity index (χ1n) is 10.6. The van der Waals surface area contributed by atoms with Crippen LogP contribution in [0.25, 0.3) is 0 Å². The second-order valence-electron chi connectivity index (χ2n) is 7.79. The monoisotopic (exact) mass is 454 g/mol. The number of hydrogen-bond donors (Lipinski definition) is 0. The van der Waals surface area contributed by atoms with Crippen molar-refractivity contribution in [3.05, 3.63) is 82.3 Å². The zero-order chi connectivity index (χ0) is 24.3. The summed E-state index contributed by atoms with van der Waals surface area (Å²) in [6, 6.07) is 7.95. The fourth-order valence-corrected chi connectivity index (χ4v) is 3.89. The van der Waals surface area contributed by atoms with Gasteiger partial charge in [-0.25, -0.2) is 9.18 Å². The number of esters is 1. The van der Waals surface area contributed by atoms with Crippen LogP contribution in [0.5, 0.6) is 0 Å². The van der Waals surface area contributed by atoms with E-state index in [1.165, 1.54) is 29.4 Å². The van der Waals surface area contributed by atoms with Crippen LogP contribution in [-0.4, -0.2) is 39.8 Å². The summed E-state index contributed by atoms with van der Waals surface area (Å²) < 4.78 is 25.4. The summed E-state index contributed by atoms with van der Waals surface area (Å²) >= 11 is 0. The number of carbonyl (C=O) groups excluding carboxylic acids is 3. The molecule has 7 nitrogen and oxygen atoms in total. The molecule has 0 saturated heterocycles. The molecule has 0 saturated carbocycles. The summed E-state index contributed by atoms with van der Waals surface area (Å²) in [6.45, 7) is 7.06. The van der Waals surface area contributed by atoms with Crippen molar-refractivity contribution >= 4 is 17.7 Å². The maximum atomic E-state index is 13.6. The first kappa shape index (κ1) is 24.0. The van der Waals surface area contributed by atoms with Gasteiger partial charge in [0.2, 0.25) is 0 Å². The van der Waals surface area contributed by atoms with E-state index in [9.17, 15) is 18.8 Å². The molecule has 1 atom stereocenters. The molecule has 0 N–H and O–H groups in total. The number of ether oxygens (including phenoxy) is 1. The standard InChI is InChI=1S/C25H27FN2O5/c1-6-32-25(31)22-15(2)21(16(3)27(22)5)23(29)17(4)28(24(30)20-8-7-13-33-20)14-18-9-11-19(26)12-10-18/h7-13,17H,6,14H2,1-5H3. The average molecular weight is 454 g/mol. The normalized spacial score (nSPS) is 11.8. The van der Waals surface area contributed by atoms with E-state index in [-0.39, 0.29) is 24.7 Å². The van der Waals surface area contributed by atoms with Crippen molar-refractivity contribution in [2.75, 3.05) is 6.61 Å². The minimum Gasteiger partial charge on any atom is -0.461 e. The van der Waals surface area contributed by atoms with Gasteiger partial charge >= 0.3 is 5.97 Å². The molecule has 0 aliphatic rings. The first-order chi connectivity index (χ1) is 15.7. The Morgan fingerprint density at radius 1 is 1.15 bits per heavy atom. The highest BCUT2D eigenvalue weighted by atomic mass is 19.1. The van der Waals surface area contributed by atoms with E-state index >= 15 is 0 Å². The predicted octanol–water partition coefficient (Wildman–Crippen LogP) is 4.46. The fraction of sp³-hybridized carbons (Fsp3) is 0.320. The molecule has 2 heterocycles. The van der Waals surface area contributed by atoms with Gasteiger partial charge in [-0.3, -0.25) is 9.59 Å². The van der Waals surface area contributed by atoms with Crippen LogP contribution in [0.3, 0.4) is 0 Å². The lowest BCUT2D eigenvalue weighted by atomic mass is 9.99. The van der Waals surface area contributed by atoms with Crippen molar-refractivity contribution in [2.45, 2.75) is 40.3 Å². The van der Waals surface area contributed by atoms with Crippen LogP contribution >= 0.6 is 0 Å². The zero-order valence-corrected chi connectivity index (χ0v) is 19.3. The molecule has 1 unspecified atom stereocenters. The Bertz CT molecular complexity index is 1160. The van der Waals surface area contributed by atoms with E-state index < -0.39 is 23.7 Å². The molecular formula is C25H27FN2O5. The van der Waals surface area contributed by atoms with Crippen LogP contribution in [0.1, 0.15) is 62.1 Å². The van der Waals surface area contributed by atoms with Gasteiger partial charge in [-0.05, 0) is 63.1 Å². The zero-order valence-electron chi connectivity index (χ0n) is 19.3. The number of nitrogens with zero attached hydrogens (tertiary/aromatic N) is 2. The maximum Gasteiger partial charge on any atom is 0.355 e. The topological polar surface area (TPSA) is 81.8 Å². The number of Topliss-reactive ketones (excluding diaryl/α,β-unsaturated/α-hetero) is 1. The van der Waals surface area contributed by atoms with Crippen LogP contribution in [0.15, 0.2) is 47.1 Å². The smallest absolute Gasteiger partial charge is 0.355 e. The number of halogens is 1. The van der Waals surface area contributed by atoms with Gasteiger partial charge in [0.15, 0.2) is 11.5 Å². The number of amides is 1. The third kappa shape index (κ3) is 4.74. The number of ketones is 1. The van der Waals surface area contributed by atoms with Gasteiger partial charge in [0.25, 0.3) is 5.91 Å². The molecule has 2 aromatic heterocycles. The molecule has 8 heteroatoms. The van der Waals surface area contributed by atoms with Crippen LogP contribution < -0.4 is 0 Å². The molecule has 1 amide bonds. The third-order valence-corrected chi connectivity index (χ3v) is 5.75. The number of benzene rings is 1. The second-order valence-corrected chi connectivity index (χ2v) is 7.79. The lowest BCUT2D eigenvalue weighted by Crippen LogP contribution is -2.43. The van der Waals surface area contributed by atoms with Crippen molar-refractivity contribution in [3.63, 3.8) is 0 Å². The molecule has 0 aliphatic carbocycles. The molecule has 3 rings (SSSR count). The minimum absolute atomic E-state index is 0.0718. The Morgan fingerprint density at radius 2 is 1.82 bits per heavy atom. The van der Waals surface area contributed by atoms with E-state index in [4.69, 9.17) is 9.15 Å². The van der Waals surface area contributed by atoms with Crippen LogP contribution in [-0.2, 0) is 18.3 Å². The van der Waals surface area contributed by atoms with Crippen molar-refractivity contribution in [1.29, 1.82) is 0 Å². The average Bonchev–Trinajstić information content (AvgIpc) is 3.39. The van der Waals surface area contributed by atoms with Crippen molar-refractivity contribution in [3.8, 4) is 0 Å². The van der Waals surface area contributed by atoms with Crippen molar-refractivity contribution in [2.24, 2.45) is 7.05 Å². The molecule has 0 spiro atoms. The van der Waals surface area contributed by atoms with E-state index in [2.05, 4.69) is 0 Å². The molecule has 0 aliphatic heterocycles. The molecule has 3 aromatic rings. The van der Waals surface area contributed by atoms with E-state index in [0.29, 0.717) is 28.1 Å². The molecule has 1 aromatic carbocycles. The van der Waals surface area contributed by atoms with Gasteiger partial charge < -0.3 is 18.6 Å². The first-order valence-corrected chi connectivity index (χ1v) is 10.6. The number of aromatic nitrogens is 1. The Kier molecular flexibility index (Phi) is 7.16. The van der Waals surface area contributed by atoms with Crippen LogP contribution in [0, 0.1) is 19.7 Å². The summed E-state index contributed by atoms with van der Waals surface area (Å²) in [5.41, 5.74) is 2.42. The second kappa shape index (κ2) is 9.85. The van der Waals surface area contributed by atoms with Gasteiger partial charge in [0, 0.05) is 24.8 Å². The van der Waals surface area contributed by atoms with E-state index in [1.54, 1.807) is 57.5 Å². The Hall–Kier alpha value is -3.68. The molecular weight excluding hydrogens is 427 g/mol. The van der Waals surface area contributed by atoms with Crippen molar-refractivity contribution in [1.82, 2.24) is 9.47 Å². The van der Waals surface area contributed by atoms with E-state index in [0.717, 1.165) is 0 Å². The summed E-state index contributed by atoms with van der Waals surface area (Å²) in [5.74, 6) is -1.61. The molecule has 0 radical (unpaired) electrons. The number of carbonyl (C=O) groups is 3. The fourth-order valence-electron chi connectivity index (χ4n) is 3.89. The highest BCUT2D eigenvalue weighted by molar-refractivity contribution is 6.07. The summed E-state index contributed by atoms with van der Waals surface area (Å²) in [7, 11) is 1.69. The molecule has 0 fully saturated rings. The number of furan rings is 1. The molecule has 33 heavy (non-hydrogen) atoms. The van der Waals surface area contributed by atoms with Gasteiger partial charge in [0.05, 0.1) is 18.9 Å². The van der Waals surface area contributed by atoms with Gasteiger partial charge in [-0.15, -0.1) is 0 Å². The lowest BCUT2D eigenvalue weighted by Gasteiger charge is -2.28. The molecule has 0 bridgehead atoms. The Labute approximate surface area is 191 Å². The van der Waals surface area contributed by atoms with Crippen LogP contribution in [0.2, 0.25) is 0 Å². The SMILES string of the molecule is CCOC(=O)c1c(C)c(C(=O)C(C)N(Cc2ccc(F)cc2)C(=O)c2ccco2)c(C)n1C. The Balaban J connectivity index is 2.00. The molecule has 174 valence electrons. The maximum absolute atomic E-state index is 13.6. The van der Waals surface area contributed by atoms with E-state index in [1.807, 2.05) is 0 Å². The lowest BCUT2D eigenvalue weighted by molar-refractivity contribution is 0.0513. The summed E-state index contributed by atoms with van der Waals surface area (Å²) in [5, 5.41) is 0. The Morgan fingerprint density at radius 3 is 2.39 bits per heavy atom. The summed E-state index contributed by atoms with van der Waals surface area (Å²) in [6.07, 6.45) is 1.38. The van der Waals surface area contributed by atoms with Crippen LogP contribution in [0.4, 0.5) is 4.39 Å². The highest BCUT2D eigenvalue weighted by Gasteiger charge is 2.33.